The van der Waals surface area contributed by atoms with Crippen LogP contribution in [0.4, 0.5) is 5.82 Å². The number of halogens is 1. The third-order valence-electron chi connectivity index (χ3n) is 3.14. The lowest BCUT2D eigenvalue weighted by Crippen LogP contribution is -2.38. The fourth-order valence-corrected chi connectivity index (χ4v) is 2.45. The summed E-state index contributed by atoms with van der Waals surface area (Å²) >= 11 is 3.25. The predicted octanol–water partition coefficient (Wildman–Crippen LogP) is 2.16. The summed E-state index contributed by atoms with van der Waals surface area (Å²) in [5, 5.41) is 9.23. The second kappa shape index (κ2) is 5.67. The molecule has 0 spiro atoms. The highest BCUT2D eigenvalue weighted by molar-refractivity contribution is 9.10. The second-order valence-electron chi connectivity index (χ2n) is 4.28. The number of hydrogen-bond acceptors (Lipinski definition) is 4. The molecule has 2 rings (SSSR count). The number of rotatable bonds is 3. The van der Waals surface area contributed by atoms with E-state index in [2.05, 4.69) is 20.9 Å². The van der Waals surface area contributed by atoms with Crippen molar-refractivity contribution in [3.05, 3.63) is 22.3 Å². The predicted molar refractivity (Wildman–Crippen MR) is 71.1 cm³/mol. The minimum Gasteiger partial charge on any atom is -0.478 e. The lowest BCUT2D eigenvalue weighted by atomic mass is 10.1. The van der Waals surface area contributed by atoms with Crippen LogP contribution in [0.1, 0.15) is 23.2 Å². The Labute approximate surface area is 114 Å². The monoisotopic (exact) mass is 314 g/mol. The van der Waals surface area contributed by atoms with Crippen LogP contribution in [0.2, 0.25) is 0 Å². The molecule has 1 aliphatic rings. The number of anilines is 1. The van der Waals surface area contributed by atoms with Gasteiger partial charge in [-0.15, -0.1) is 0 Å². The van der Waals surface area contributed by atoms with Crippen LogP contribution in [-0.4, -0.2) is 42.4 Å². The molecule has 0 bridgehead atoms. The zero-order valence-electron chi connectivity index (χ0n) is 10.1. The Kier molecular flexibility index (Phi) is 4.19. The van der Waals surface area contributed by atoms with Gasteiger partial charge in [-0.25, -0.2) is 9.78 Å². The van der Waals surface area contributed by atoms with Crippen molar-refractivity contribution < 1.29 is 14.6 Å². The summed E-state index contributed by atoms with van der Waals surface area (Å²) in [6.07, 6.45) is 3.41. The fraction of sp³-hybridized carbons (Fsp3) is 0.500. The maximum Gasteiger partial charge on any atom is 0.339 e. The lowest BCUT2D eigenvalue weighted by molar-refractivity contribution is 0.0696. The molecule has 1 fully saturated rings. The lowest BCUT2D eigenvalue weighted by Gasteiger charge is -2.32. The van der Waals surface area contributed by atoms with E-state index in [0.717, 1.165) is 12.8 Å². The van der Waals surface area contributed by atoms with E-state index in [1.54, 1.807) is 12.3 Å². The van der Waals surface area contributed by atoms with E-state index >= 15 is 0 Å². The van der Waals surface area contributed by atoms with Gasteiger partial charge < -0.3 is 14.7 Å². The van der Waals surface area contributed by atoms with Gasteiger partial charge in [0.05, 0.1) is 0 Å². The first-order chi connectivity index (χ1) is 8.59. The average Bonchev–Trinajstić information content (AvgIpc) is 2.39. The third-order valence-corrected chi connectivity index (χ3v) is 3.57. The van der Waals surface area contributed by atoms with Crippen LogP contribution in [-0.2, 0) is 4.74 Å². The van der Waals surface area contributed by atoms with Crippen LogP contribution in [0, 0.1) is 0 Å². The van der Waals surface area contributed by atoms with Gasteiger partial charge in [-0.3, -0.25) is 0 Å². The highest BCUT2D eigenvalue weighted by Crippen LogP contribution is 2.25. The first-order valence-corrected chi connectivity index (χ1v) is 6.58. The summed E-state index contributed by atoms with van der Waals surface area (Å²) in [4.78, 5) is 17.4. The van der Waals surface area contributed by atoms with Gasteiger partial charge >= 0.3 is 5.97 Å². The number of ether oxygens (including phenoxy) is 1. The number of hydrogen-bond donors (Lipinski definition) is 1. The van der Waals surface area contributed by atoms with Crippen molar-refractivity contribution in [2.24, 2.45) is 0 Å². The number of carboxylic acid groups (broad SMARTS) is 1. The van der Waals surface area contributed by atoms with E-state index in [9.17, 15) is 9.90 Å². The van der Waals surface area contributed by atoms with Gasteiger partial charge in [-0.05, 0) is 34.8 Å². The molecule has 0 saturated carbocycles. The number of aromatic nitrogens is 1. The molecule has 6 heteroatoms. The molecule has 5 nitrogen and oxygen atoms in total. The molecule has 0 radical (unpaired) electrons. The van der Waals surface area contributed by atoms with E-state index in [1.165, 1.54) is 0 Å². The van der Waals surface area contributed by atoms with Crippen LogP contribution < -0.4 is 4.90 Å². The summed E-state index contributed by atoms with van der Waals surface area (Å²) in [5.41, 5.74) is 0.221. The SMILES string of the molecule is CN(c1ncc(Br)cc1C(=O)O)C1CCOCC1. The van der Waals surface area contributed by atoms with Crippen LogP contribution >= 0.6 is 15.9 Å². The third kappa shape index (κ3) is 2.81. The number of carbonyl (C=O) groups is 1. The molecule has 1 saturated heterocycles. The zero-order chi connectivity index (χ0) is 13.1. The number of carboxylic acids is 1. The van der Waals surface area contributed by atoms with E-state index in [1.807, 2.05) is 11.9 Å². The molecule has 0 aliphatic carbocycles. The Morgan fingerprint density at radius 2 is 2.22 bits per heavy atom. The normalized spacial score (nSPS) is 16.6. The topological polar surface area (TPSA) is 62.7 Å². The van der Waals surface area contributed by atoms with Gasteiger partial charge in [0.2, 0.25) is 0 Å². The zero-order valence-corrected chi connectivity index (χ0v) is 11.7. The number of aromatic carboxylic acids is 1. The van der Waals surface area contributed by atoms with Crippen molar-refractivity contribution in [2.75, 3.05) is 25.2 Å². The molecule has 0 aromatic carbocycles. The summed E-state index contributed by atoms with van der Waals surface area (Å²) in [6.45, 7) is 1.43. The molecule has 98 valence electrons. The first-order valence-electron chi connectivity index (χ1n) is 5.79. The number of nitrogens with zero attached hydrogens (tertiary/aromatic N) is 2. The Bertz CT molecular complexity index is 447. The first kappa shape index (κ1) is 13.3. The maximum absolute atomic E-state index is 11.2. The molecular formula is C12H15BrN2O3. The van der Waals surface area contributed by atoms with E-state index in [0.29, 0.717) is 23.5 Å². The Morgan fingerprint density at radius 3 is 2.83 bits per heavy atom. The van der Waals surface area contributed by atoms with Crippen molar-refractivity contribution in [3.63, 3.8) is 0 Å². The van der Waals surface area contributed by atoms with Crippen LogP contribution in [0.25, 0.3) is 0 Å². The summed E-state index contributed by atoms with van der Waals surface area (Å²) in [5.74, 6) is -0.449. The van der Waals surface area contributed by atoms with Crippen molar-refractivity contribution in [1.82, 2.24) is 4.98 Å². The second-order valence-corrected chi connectivity index (χ2v) is 5.20. The Balaban J connectivity index is 2.28. The Hall–Kier alpha value is -1.14. The standard InChI is InChI=1S/C12H15BrN2O3/c1-15(9-2-4-18-5-3-9)11-10(12(16)17)6-8(13)7-14-11/h6-7,9H,2-5H2,1H3,(H,16,17). The van der Waals surface area contributed by atoms with Gasteiger partial charge in [0, 0.05) is 37.0 Å². The largest absolute Gasteiger partial charge is 0.478 e. The molecule has 1 aromatic rings. The van der Waals surface area contributed by atoms with Crippen molar-refractivity contribution in [3.8, 4) is 0 Å². The van der Waals surface area contributed by atoms with Crippen LogP contribution in [0.3, 0.4) is 0 Å². The molecule has 18 heavy (non-hydrogen) atoms. The van der Waals surface area contributed by atoms with Crippen LogP contribution in [0.5, 0.6) is 0 Å². The van der Waals surface area contributed by atoms with E-state index in [4.69, 9.17) is 4.74 Å². The van der Waals surface area contributed by atoms with Gasteiger partial charge in [0.15, 0.2) is 0 Å². The highest BCUT2D eigenvalue weighted by atomic mass is 79.9. The van der Waals surface area contributed by atoms with Crippen LogP contribution in [0.15, 0.2) is 16.7 Å². The summed E-state index contributed by atoms with van der Waals surface area (Å²) in [6, 6.07) is 1.87. The van der Waals surface area contributed by atoms with Gasteiger partial charge in [0.25, 0.3) is 0 Å². The summed E-state index contributed by atoms with van der Waals surface area (Å²) in [7, 11) is 1.89. The van der Waals surface area contributed by atoms with Crippen molar-refractivity contribution >= 4 is 27.7 Å². The average molecular weight is 315 g/mol. The molecule has 0 unspecified atom stereocenters. The molecule has 0 amide bonds. The van der Waals surface area contributed by atoms with Gasteiger partial charge in [0.1, 0.15) is 11.4 Å². The quantitative estimate of drug-likeness (QED) is 0.926. The fourth-order valence-electron chi connectivity index (χ4n) is 2.12. The molecule has 1 N–H and O–H groups in total. The molecule has 1 aromatic heterocycles. The summed E-state index contributed by atoms with van der Waals surface area (Å²) < 4.78 is 5.98. The molecule has 2 heterocycles. The molecule has 0 atom stereocenters. The highest BCUT2D eigenvalue weighted by Gasteiger charge is 2.23. The smallest absolute Gasteiger partial charge is 0.339 e. The van der Waals surface area contributed by atoms with E-state index < -0.39 is 5.97 Å². The maximum atomic E-state index is 11.2. The minimum atomic E-state index is -0.960. The molecular weight excluding hydrogens is 300 g/mol. The van der Waals surface area contributed by atoms with Gasteiger partial charge in [-0.2, -0.15) is 0 Å². The van der Waals surface area contributed by atoms with Gasteiger partial charge in [-0.1, -0.05) is 0 Å². The minimum absolute atomic E-state index is 0.221. The number of pyridine rings is 1. The van der Waals surface area contributed by atoms with Crippen molar-refractivity contribution in [1.29, 1.82) is 0 Å². The molecule has 1 aliphatic heterocycles. The van der Waals surface area contributed by atoms with Crippen molar-refractivity contribution in [2.45, 2.75) is 18.9 Å². The Morgan fingerprint density at radius 1 is 1.56 bits per heavy atom. The van der Waals surface area contributed by atoms with E-state index in [-0.39, 0.29) is 11.6 Å².